The van der Waals surface area contributed by atoms with Crippen molar-refractivity contribution in [2.24, 2.45) is 5.41 Å². The zero-order valence-electron chi connectivity index (χ0n) is 11.0. The van der Waals surface area contributed by atoms with E-state index in [1.54, 1.807) is 0 Å². The SMILES string of the molecule is C[C@@H]1OC2=C(C(=O)c3ccc(O)cc3C2=O)C1(C)C. The second-order valence-electron chi connectivity index (χ2n) is 5.57. The van der Waals surface area contributed by atoms with E-state index in [-0.39, 0.29) is 34.7 Å². The zero-order valence-corrected chi connectivity index (χ0v) is 11.0. The molecular weight excluding hydrogens is 244 g/mol. The maximum atomic E-state index is 12.5. The first-order valence-corrected chi connectivity index (χ1v) is 6.18. The summed E-state index contributed by atoms with van der Waals surface area (Å²) < 4.78 is 5.59. The fourth-order valence-electron chi connectivity index (χ4n) is 2.62. The average molecular weight is 258 g/mol. The van der Waals surface area contributed by atoms with Gasteiger partial charge in [0.05, 0.1) is 5.57 Å². The highest BCUT2D eigenvalue weighted by molar-refractivity contribution is 6.27. The number of phenols is 1. The summed E-state index contributed by atoms with van der Waals surface area (Å²) in [6.07, 6.45) is -0.228. The van der Waals surface area contributed by atoms with Crippen LogP contribution in [0.3, 0.4) is 0 Å². The van der Waals surface area contributed by atoms with Crippen molar-refractivity contribution in [2.75, 3.05) is 0 Å². The molecule has 1 aliphatic carbocycles. The number of aromatic hydroxyl groups is 1. The Labute approximate surface area is 110 Å². The first-order chi connectivity index (χ1) is 8.84. The van der Waals surface area contributed by atoms with E-state index in [2.05, 4.69) is 0 Å². The van der Waals surface area contributed by atoms with Crippen LogP contribution in [0.15, 0.2) is 29.5 Å². The van der Waals surface area contributed by atoms with Crippen LogP contribution in [0.5, 0.6) is 5.75 Å². The number of carbonyl (C=O) groups is 2. The predicted octanol–water partition coefficient (Wildman–Crippen LogP) is 2.47. The van der Waals surface area contributed by atoms with E-state index in [0.717, 1.165) is 0 Å². The summed E-state index contributed by atoms with van der Waals surface area (Å²) in [5.41, 5.74) is 0.515. The molecule has 0 amide bonds. The molecule has 19 heavy (non-hydrogen) atoms. The molecule has 4 nitrogen and oxygen atoms in total. The van der Waals surface area contributed by atoms with E-state index in [4.69, 9.17) is 4.74 Å². The van der Waals surface area contributed by atoms with Crippen molar-refractivity contribution >= 4 is 11.6 Å². The van der Waals surface area contributed by atoms with E-state index >= 15 is 0 Å². The fraction of sp³-hybridized carbons (Fsp3) is 0.333. The third-order valence-electron chi connectivity index (χ3n) is 4.11. The van der Waals surface area contributed by atoms with E-state index in [9.17, 15) is 14.7 Å². The third kappa shape index (κ3) is 1.40. The van der Waals surface area contributed by atoms with Gasteiger partial charge in [0.1, 0.15) is 11.9 Å². The Balaban J connectivity index is 2.25. The number of rotatable bonds is 0. The van der Waals surface area contributed by atoms with Gasteiger partial charge in [-0.2, -0.15) is 0 Å². The van der Waals surface area contributed by atoms with Gasteiger partial charge in [0, 0.05) is 16.5 Å². The van der Waals surface area contributed by atoms with E-state index in [1.165, 1.54) is 18.2 Å². The van der Waals surface area contributed by atoms with Crippen molar-refractivity contribution in [1.29, 1.82) is 0 Å². The van der Waals surface area contributed by atoms with Crippen LogP contribution in [0, 0.1) is 5.41 Å². The van der Waals surface area contributed by atoms with Crippen LogP contribution in [-0.2, 0) is 4.74 Å². The van der Waals surface area contributed by atoms with Crippen LogP contribution in [0.1, 0.15) is 41.5 Å². The van der Waals surface area contributed by atoms with Crippen LogP contribution in [0.4, 0.5) is 0 Å². The molecule has 1 aliphatic heterocycles. The Morgan fingerprint density at radius 1 is 1.16 bits per heavy atom. The average Bonchev–Trinajstić information content (AvgIpc) is 2.58. The van der Waals surface area contributed by atoms with Gasteiger partial charge in [-0.05, 0) is 25.1 Å². The van der Waals surface area contributed by atoms with Crippen molar-refractivity contribution in [3.63, 3.8) is 0 Å². The summed E-state index contributed by atoms with van der Waals surface area (Å²) in [5.74, 6) is -0.397. The Kier molecular flexibility index (Phi) is 2.18. The van der Waals surface area contributed by atoms with E-state index in [0.29, 0.717) is 11.1 Å². The largest absolute Gasteiger partial charge is 0.508 e. The highest BCUT2D eigenvalue weighted by atomic mass is 16.5. The molecule has 0 fully saturated rings. The monoisotopic (exact) mass is 258 g/mol. The normalized spacial score (nSPS) is 24.1. The smallest absolute Gasteiger partial charge is 0.228 e. The summed E-state index contributed by atoms with van der Waals surface area (Å²) in [5, 5.41) is 9.47. The van der Waals surface area contributed by atoms with Gasteiger partial charge in [0.15, 0.2) is 11.5 Å². The van der Waals surface area contributed by atoms with Gasteiger partial charge >= 0.3 is 0 Å². The lowest BCUT2D eigenvalue weighted by Crippen LogP contribution is -2.29. The lowest BCUT2D eigenvalue weighted by Gasteiger charge is -2.25. The number of hydrogen-bond acceptors (Lipinski definition) is 4. The molecule has 1 N–H and O–H groups in total. The molecule has 0 radical (unpaired) electrons. The molecular formula is C15H14O4. The second-order valence-corrected chi connectivity index (χ2v) is 5.57. The van der Waals surface area contributed by atoms with Gasteiger partial charge in [-0.1, -0.05) is 13.8 Å². The number of Topliss-reactive ketones (excluding diaryl/α,β-unsaturated/α-hetero) is 2. The maximum Gasteiger partial charge on any atom is 0.228 e. The van der Waals surface area contributed by atoms with Gasteiger partial charge in [-0.15, -0.1) is 0 Å². The number of allylic oxidation sites excluding steroid dienone is 1. The minimum Gasteiger partial charge on any atom is -0.508 e. The lowest BCUT2D eigenvalue weighted by atomic mass is 9.74. The first kappa shape index (κ1) is 12.0. The van der Waals surface area contributed by atoms with Crippen molar-refractivity contribution in [3.05, 3.63) is 40.7 Å². The summed E-state index contributed by atoms with van der Waals surface area (Å²) in [7, 11) is 0. The van der Waals surface area contributed by atoms with E-state index in [1.807, 2.05) is 20.8 Å². The molecule has 0 bridgehead atoms. The van der Waals surface area contributed by atoms with Crippen LogP contribution in [0.2, 0.25) is 0 Å². The summed E-state index contributed by atoms with van der Waals surface area (Å²) in [6.45, 7) is 5.65. The van der Waals surface area contributed by atoms with Crippen LogP contribution in [-0.4, -0.2) is 22.8 Å². The topological polar surface area (TPSA) is 63.6 Å². The van der Waals surface area contributed by atoms with E-state index < -0.39 is 5.41 Å². The van der Waals surface area contributed by atoms with Crippen LogP contribution < -0.4 is 0 Å². The van der Waals surface area contributed by atoms with Gasteiger partial charge in [0.2, 0.25) is 5.78 Å². The number of fused-ring (bicyclic) bond motifs is 1. The molecule has 0 saturated carbocycles. The number of benzene rings is 1. The second kappa shape index (κ2) is 3.47. The number of ether oxygens (including phenoxy) is 1. The van der Waals surface area contributed by atoms with Gasteiger partial charge in [-0.25, -0.2) is 0 Å². The zero-order chi connectivity index (χ0) is 13.9. The van der Waals surface area contributed by atoms with Crippen molar-refractivity contribution < 1.29 is 19.4 Å². The number of hydrogen-bond donors (Lipinski definition) is 1. The molecule has 1 heterocycles. The molecule has 1 aromatic rings. The lowest BCUT2D eigenvalue weighted by molar-refractivity contribution is 0.0722. The molecule has 4 heteroatoms. The van der Waals surface area contributed by atoms with Crippen molar-refractivity contribution in [3.8, 4) is 5.75 Å². The minimum absolute atomic E-state index is 0.0331. The quantitative estimate of drug-likeness (QED) is 0.776. The molecule has 0 aromatic heterocycles. The molecule has 98 valence electrons. The first-order valence-electron chi connectivity index (χ1n) is 6.18. The molecule has 0 spiro atoms. The Morgan fingerprint density at radius 3 is 2.53 bits per heavy atom. The van der Waals surface area contributed by atoms with Crippen LogP contribution >= 0.6 is 0 Å². The summed E-state index contributed by atoms with van der Waals surface area (Å²) in [6, 6.07) is 4.23. The van der Waals surface area contributed by atoms with Gasteiger partial charge in [0.25, 0.3) is 0 Å². The Hall–Kier alpha value is -2.10. The fourth-order valence-corrected chi connectivity index (χ4v) is 2.62. The molecule has 2 aliphatic rings. The predicted molar refractivity (Wildman–Crippen MR) is 68.1 cm³/mol. The summed E-state index contributed by atoms with van der Waals surface area (Å²) >= 11 is 0. The Bertz CT molecular complexity index is 652. The summed E-state index contributed by atoms with van der Waals surface area (Å²) in [4.78, 5) is 24.9. The minimum atomic E-state index is -0.488. The molecule has 1 aromatic carbocycles. The molecule has 1 atom stereocenters. The van der Waals surface area contributed by atoms with Crippen molar-refractivity contribution in [1.82, 2.24) is 0 Å². The third-order valence-corrected chi connectivity index (χ3v) is 4.11. The number of carbonyl (C=O) groups excluding carboxylic acids is 2. The highest BCUT2D eigenvalue weighted by Crippen LogP contribution is 2.47. The van der Waals surface area contributed by atoms with Gasteiger partial charge < -0.3 is 9.84 Å². The Morgan fingerprint density at radius 2 is 1.84 bits per heavy atom. The molecule has 3 rings (SSSR count). The van der Waals surface area contributed by atoms with Gasteiger partial charge in [-0.3, -0.25) is 9.59 Å². The maximum absolute atomic E-state index is 12.5. The number of ketones is 2. The standard InChI is InChI=1S/C15H14O4/c1-7-15(2,3)11-12(17)9-5-4-8(16)6-10(9)13(18)14(11)19-7/h4-7,16H,1-3H3/t7-/m0/s1. The molecule has 0 unspecified atom stereocenters. The number of phenolic OH excluding ortho intramolecular Hbond substituents is 1. The van der Waals surface area contributed by atoms with Crippen LogP contribution in [0.25, 0.3) is 0 Å². The highest BCUT2D eigenvalue weighted by Gasteiger charge is 2.49. The van der Waals surface area contributed by atoms with Crippen molar-refractivity contribution in [2.45, 2.75) is 26.9 Å². The molecule has 0 saturated heterocycles.